The van der Waals surface area contributed by atoms with Crippen LogP contribution in [0.15, 0.2) is 30.3 Å². The van der Waals surface area contributed by atoms with Gasteiger partial charge in [-0.1, -0.05) is 46.9 Å². The van der Waals surface area contributed by atoms with Gasteiger partial charge in [-0.25, -0.2) is 9.78 Å². The zero-order valence-corrected chi connectivity index (χ0v) is 11.1. The molecule has 0 unspecified atom stereocenters. The Morgan fingerprint density at radius 1 is 1.11 bits per heavy atom. The second-order valence-corrected chi connectivity index (χ2v) is 4.61. The molecule has 0 aliphatic rings. The quantitative estimate of drug-likeness (QED) is 0.836. The van der Waals surface area contributed by atoms with E-state index in [9.17, 15) is 4.79 Å². The average molecular weight is 303 g/mol. The molecule has 1 N–H and O–H groups in total. The van der Waals surface area contributed by atoms with Crippen molar-refractivity contribution in [3.8, 4) is 11.3 Å². The molecule has 92 valence electrons. The maximum atomic E-state index is 11.1. The van der Waals surface area contributed by atoms with E-state index in [1.807, 2.05) is 0 Å². The van der Waals surface area contributed by atoms with Crippen molar-refractivity contribution in [2.75, 3.05) is 0 Å². The van der Waals surface area contributed by atoms with Crippen LogP contribution >= 0.6 is 34.8 Å². The van der Waals surface area contributed by atoms with Crippen molar-refractivity contribution in [2.24, 2.45) is 0 Å². The van der Waals surface area contributed by atoms with Crippen molar-refractivity contribution in [1.82, 2.24) is 4.98 Å². The smallest absolute Gasteiger partial charge is 0.337 e. The number of rotatable bonds is 2. The fraction of sp³-hybridized carbons (Fsp3) is 0. The van der Waals surface area contributed by atoms with Gasteiger partial charge in [0.1, 0.15) is 5.15 Å². The van der Waals surface area contributed by atoms with E-state index < -0.39 is 5.97 Å². The lowest BCUT2D eigenvalue weighted by Gasteiger charge is -2.08. The topological polar surface area (TPSA) is 50.2 Å². The van der Waals surface area contributed by atoms with Gasteiger partial charge in [-0.2, -0.15) is 0 Å². The molecule has 0 amide bonds. The van der Waals surface area contributed by atoms with Crippen LogP contribution in [-0.2, 0) is 0 Å². The highest BCUT2D eigenvalue weighted by atomic mass is 35.5. The summed E-state index contributed by atoms with van der Waals surface area (Å²) in [6, 6.07) is 7.70. The first kappa shape index (κ1) is 13.1. The number of carbonyl (C=O) groups is 1. The van der Waals surface area contributed by atoms with Gasteiger partial charge in [0.25, 0.3) is 0 Å². The zero-order valence-electron chi connectivity index (χ0n) is 8.82. The summed E-state index contributed by atoms with van der Waals surface area (Å²) in [4.78, 5) is 15.2. The number of hydrogen-bond donors (Lipinski definition) is 1. The maximum Gasteiger partial charge on any atom is 0.337 e. The summed E-state index contributed by atoms with van der Waals surface area (Å²) in [6.07, 6.45) is 0. The molecule has 3 nitrogen and oxygen atoms in total. The van der Waals surface area contributed by atoms with Crippen molar-refractivity contribution in [3.05, 3.63) is 51.1 Å². The van der Waals surface area contributed by atoms with E-state index in [4.69, 9.17) is 39.9 Å². The van der Waals surface area contributed by atoms with E-state index in [-0.39, 0.29) is 21.4 Å². The fourth-order valence-corrected chi connectivity index (χ4v) is 2.04. The van der Waals surface area contributed by atoms with E-state index in [0.29, 0.717) is 10.6 Å². The number of carboxylic acid groups (broad SMARTS) is 1. The Morgan fingerprint density at radius 3 is 2.50 bits per heavy atom. The highest BCUT2D eigenvalue weighted by Gasteiger charge is 2.17. The standard InChI is InChI=1S/C12H6Cl3NO2/c13-8-3-1-2-6(10(8)15)11-7(12(17)18)4-5-9(14)16-11/h1-5H,(H,17,18). The summed E-state index contributed by atoms with van der Waals surface area (Å²) < 4.78 is 0. The predicted octanol–water partition coefficient (Wildman–Crippen LogP) is 4.41. The minimum Gasteiger partial charge on any atom is -0.478 e. The van der Waals surface area contributed by atoms with Gasteiger partial charge < -0.3 is 5.11 Å². The lowest BCUT2D eigenvalue weighted by atomic mass is 10.1. The van der Waals surface area contributed by atoms with Crippen molar-refractivity contribution < 1.29 is 9.90 Å². The van der Waals surface area contributed by atoms with Crippen LogP contribution in [0.5, 0.6) is 0 Å². The highest BCUT2D eigenvalue weighted by Crippen LogP contribution is 2.34. The van der Waals surface area contributed by atoms with E-state index in [0.717, 1.165) is 0 Å². The average Bonchev–Trinajstić information content (AvgIpc) is 2.32. The molecule has 1 aromatic carbocycles. The molecule has 2 aromatic rings. The SMILES string of the molecule is O=C(O)c1ccc(Cl)nc1-c1cccc(Cl)c1Cl. The molecule has 0 spiro atoms. The van der Waals surface area contributed by atoms with Gasteiger partial charge in [0.05, 0.1) is 21.3 Å². The van der Waals surface area contributed by atoms with Crippen molar-refractivity contribution in [3.63, 3.8) is 0 Å². The van der Waals surface area contributed by atoms with E-state index >= 15 is 0 Å². The molecule has 18 heavy (non-hydrogen) atoms. The van der Waals surface area contributed by atoms with Gasteiger partial charge >= 0.3 is 5.97 Å². The summed E-state index contributed by atoms with van der Waals surface area (Å²) in [5, 5.41) is 9.88. The summed E-state index contributed by atoms with van der Waals surface area (Å²) in [7, 11) is 0. The van der Waals surface area contributed by atoms with Gasteiger partial charge in [-0.05, 0) is 18.2 Å². The minimum absolute atomic E-state index is 0.0172. The van der Waals surface area contributed by atoms with Crippen LogP contribution in [0.4, 0.5) is 0 Å². The first-order valence-corrected chi connectivity index (χ1v) is 5.98. The largest absolute Gasteiger partial charge is 0.478 e. The van der Waals surface area contributed by atoms with Crippen molar-refractivity contribution in [1.29, 1.82) is 0 Å². The first-order chi connectivity index (χ1) is 8.50. The number of nitrogens with zero attached hydrogens (tertiary/aromatic N) is 1. The Morgan fingerprint density at radius 2 is 1.83 bits per heavy atom. The summed E-state index contributed by atoms with van der Waals surface area (Å²) in [5.41, 5.74) is 0.648. The zero-order chi connectivity index (χ0) is 13.3. The Balaban J connectivity index is 2.73. The third kappa shape index (κ3) is 2.43. The number of halogens is 3. The molecule has 1 aromatic heterocycles. The molecule has 2 rings (SSSR count). The van der Waals surface area contributed by atoms with Crippen molar-refractivity contribution in [2.45, 2.75) is 0 Å². The number of carboxylic acids is 1. The molecular weight excluding hydrogens is 296 g/mol. The van der Waals surface area contributed by atoms with Gasteiger partial charge in [-0.3, -0.25) is 0 Å². The van der Waals surface area contributed by atoms with Gasteiger partial charge in [0.2, 0.25) is 0 Å². The van der Waals surface area contributed by atoms with Gasteiger partial charge in [-0.15, -0.1) is 0 Å². The van der Waals surface area contributed by atoms with Crippen molar-refractivity contribution >= 4 is 40.8 Å². The van der Waals surface area contributed by atoms with E-state index in [1.54, 1.807) is 18.2 Å². The minimum atomic E-state index is -1.11. The Hall–Kier alpha value is -1.29. The summed E-state index contributed by atoms with van der Waals surface area (Å²) >= 11 is 17.7. The molecule has 0 saturated heterocycles. The lowest BCUT2D eigenvalue weighted by Crippen LogP contribution is -2.02. The van der Waals surface area contributed by atoms with E-state index in [1.165, 1.54) is 12.1 Å². The predicted molar refractivity (Wildman–Crippen MR) is 71.7 cm³/mol. The van der Waals surface area contributed by atoms with Crippen LogP contribution in [0.3, 0.4) is 0 Å². The number of pyridine rings is 1. The lowest BCUT2D eigenvalue weighted by molar-refractivity contribution is 0.0697. The third-order valence-corrected chi connectivity index (χ3v) is 3.33. The third-order valence-electron chi connectivity index (χ3n) is 2.30. The van der Waals surface area contributed by atoms with Crippen LogP contribution < -0.4 is 0 Å². The molecule has 6 heteroatoms. The Labute approximate surface area is 118 Å². The Bertz CT molecular complexity index is 629. The molecule has 0 atom stereocenters. The van der Waals surface area contributed by atoms with Gasteiger partial charge in [0.15, 0.2) is 0 Å². The number of aromatic carboxylic acids is 1. The second kappa shape index (κ2) is 5.14. The molecule has 0 bridgehead atoms. The van der Waals surface area contributed by atoms with Crippen LogP contribution in [0.2, 0.25) is 15.2 Å². The molecule has 0 fully saturated rings. The first-order valence-electron chi connectivity index (χ1n) is 4.85. The highest BCUT2D eigenvalue weighted by molar-refractivity contribution is 6.43. The maximum absolute atomic E-state index is 11.1. The van der Waals surface area contributed by atoms with Crippen LogP contribution in [0.1, 0.15) is 10.4 Å². The van der Waals surface area contributed by atoms with Crippen LogP contribution in [-0.4, -0.2) is 16.1 Å². The monoisotopic (exact) mass is 301 g/mol. The molecule has 0 aliphatic heterocycles. The number of hydrogen-bond acceptors (Lipinski definition) is 2. The normalized spacial score (nSPS) is 10.4. The summed E-state index contributed by atoms with van der Waals surface area (Å²) in [6.45, 7) is 0. The molecular formula is C12H6Cl3NO2. The number of benzene rings is 1. The van der Waals surface area contributed by atoms with Gasteiger partial charge in [0, 0.05) is 5.56 Å². The molecule has 1 heterocycles. The Kier molecular flexibility index (Phi) is 3.76. The number of aromatic nitrogens is 1. The molecule has 0 saturated carbocycles. The summed E-state index contributed by atoms with van der Waals surface area (Å²) in [5.74, 6) is -1.11. The second-order valence-electron chi connectivity index (χ2n) is 3.44. The molecule has 0 radical (unpaired) electrons. The van der Waals surface area contributed by atoms with E-state index in [2.05, 4.69) is 4.98 Å². The molecule has 0 aliphatic carbocycles. The van der Waals surface area contributed by atoms with Crippen LogP contribution in [0, 0.1) is 0 Å². The van der Waals surface area contributed by atoms with Crippen LogP contribution in [0.25, 0.3) is 11.3 Å². The fourth-order valence-electron chi connectivity index (χ4n) is 1.50.